The number of esters is 1. The van der Waals surface area contributed by atoms with Crippen LogP contribution >= 0.6 is 15.9 Å². The number of carbonyl (C=O) groups is 2. The summed E-state index contributed by atoms with van der Waals surface area (Å²) >= 11 is 3.28. The van der Waals surface area contributed by atoms with Gasteiger partial charge in [0.2, 0.25) is 10.0 Å². The number of sulfonamides is 1. The Morgan fingerprint density at radius 3 is 2.62 bits per heavy atom. The van der Waals surface area contributed by atoms with E-state index in [1.54, 1.807) is 30.3 Å². The fourth-order valence-corrected chi connectivity index (χ4v) is 4.57. The first-order valence-corrected chi connectivity index (χ1v) is 11.5. The lowest BCUT2D eigenvalue weighted by Crippen LogP contribution is -2.34. The molecule has 2 aromatic rings. The van der Waals surface area contributed by atoms with Gasteiger partial charge >= 0.3 is 5.97 Å². The molecule has 0 N–H and O–H groups in total. The molecule has 0 aromatic heterocycles. The van der Waals surface area contributed by atoms with Crippen LogP contribution in [0.1, 0.15) is 32.7 Å². The molecular weight excluding hydrogens is 462 g/mol. The van der Waals surface area contributed by atoms with E-state index in [2.05, 4.69) is 15.9 Å². The number of aryl methyl sites for hydroxylation is 1. The van der Waals surface area contributed by atoms with Gasteiger partial charge < -0.3 is 9.47 Å². The highest BCUT2D eigenvalue weighted by atomic mass is 79.9. The molecule has 0 spiro atoms. The molecule has 1 heterocycles. The molecule has 0 radical (unpaired) electrons. The zero-order valence-corrected chi connectivity index (χ0v) is 18.4. The number of fused-ring (bicyclic) bond motifs is 1. The summed E-state index contributed by atoms with van der Waals surface area (Å²) in [5, 5.41) is 0. The van der Waals surface area contributed by atoms with E-state index in [0.717, 1.165) is 11.8 Å². The lowest BCUT2D eigenvalue weighted by Gasteiger charge is -2.29. The molecule has 29 heavy (non-hydrogen) atoms. The van der Waals surface area contributed by atoms with E-state index in [0.29, 0.717) is 40.9 Å². The van der Waals surface area contributed by atoms with Crippen molar-refractivity contribution in [2.24, 2.45) is 0 Å². The highest BCUT2D eigenvalue weighted by Crippen LogP contribution is 2.30. The van der Waals surface area contributed by atoms with E-state index >= 15 is 0 Å². The molecule has 2 aromatic carbocycles. The Balaban J connectivity index is 1.73. The molecule has 9 heteroatoms. The second-order valence-electron chi connectivity index (χ2n) is 6.63. The van der Waals surface area contributed by atoms with E-state index in [1.165, 1.54) is 17.5 Å². The molecule has 3 rings (SSSR count). The topological polar surface area (TPSA) is 90.0 Å². The van der Waals surface area contributed by atoms with Gasteiger partial charge in [-0.1, -0.05) is 0 Å². The number of anilines is 1. The van der Waals surface area contributed by atoms with Crippen LogP contribution in [0.15, 0.2) is 40.9 Å². The Labute approximate surface area is 177 Å². The van der Waals surface area contributed by atoms with Gasteiger partial charge in [0.05, 0.1) is 24.6 Å². The minimum atomic E-state index is -3.37. The van der Waals surface area contributed by atoms with E-state index in [-0.39, 0.29) is 11.3 Å². The Bertz CT molecular complexity index is 1070. The van der Waals surface area contributed by atoms with Crippen molar-refractivity contribution in [2.75, 3.05) is 30.8 Å². The highest BCUT2D eigenvalue weighted by molar-refractivity contribution is 9.10. The van der Waals surface area contributed by atoms with E-state index < -0.39 is 22.6 Å². The average Bonchev–Trinajstić information content (AvgIpc) is 2.70. The van der Waals surface area contributed by atoms with Gasteiger partial charge in [0.15, 0.2) is 12.4 Å². The van der Waals surface area contributed by atoms with Crippen LogP contribution in [0.2, 0.25) is 0 Å². The summed E-state index contributed by atoms with van der Waals surface area (Å²) in [7, 11) is -1.88. The van der Waals surface area contributed by atoms with Crippen molar-refractivity contribution in [2.45, 2.75) is 12.8 Å². The standard InChI is InChI=1S/C20H20BrNO6S/c1-27-15-6-7-17(21)16(11-15)20(24)28-12-19(23)14-5-8-18-13(10-14)4-3-9-22(18)29(2,25)26/h5-8,10-11H,3-4,9,12H2,1-2H3. The molecule has 0 bridgehead atoms. The van der Waals surface area contributed by atoms with Crippen LogP contribution in [0.25, 0.3) is 0 Å². The SMILES string of the molecule is COc1ccc(Br)c(C(=O)OCC(=O)c2ccc3c(c2)CCCN3S(C)(=O)=O)c1. The van der Waals surface area contributed by atoms with Crippen LogP contribution in [-0.4, -0.2) is 46.7 Å². The number of benzene rings is 2. The monoisotopic (exact) mass is 481 g/mol. The molecule has 0 atom stereocenters. The number of hydrogen-bond acceptors (Lipinski definition) is 6. The molecule has 1 aliphatic rings. The molecular formula is C20H20BrNO6S. The van der Waals surface area contributed by atoms with Gasteiger partial charge in [0, 0.05) is 16.6 Å². The fraction of sp³-hybridized carbons (Fsp3) is 0.300. The van der Waals surface area contributed by atoms with Crippen molar-refractivity contribution in [3.05, 3.63) is 57.6 Å². The van der Waals surface area contributed by atoms with Gasteiger partial charge in [0.1, 0.15) is 5.75 Å². The predicted molar refractivity (Wildman–Crippen MR) is 112 cm³/mol. The van der Waals surface area contributed by atoms with Crippen LogP contribution in [0.4, 0.5) is 5.69 Å². The molecule has 0 saturated carbocycles. The van der Waals surface area contributed by atoms with Crippen LogP contribution in [0, 0.1) is 0 Å². The smallest absolute Gasteiger partial charge is 0.339 e. The summed E-state index contributed by atoms with van der Waals surface area (Å²) in [5.41, 5.74) is 2.00. The number of carbonyl (C=O) groups excluding carboxylic acids is 2. The number of nitrogens with zero attached hydrogens (tertiary/aromatic N) is 1. The molecule has 0 amide bonds. The summed E-state index contributed by atoms with van der Waals surface area (Å²) in [6.45, 7) is 0.00319. The van der Waals surface area contributed by atoms with Crippen molar-refractivity contribution < 1.29 is 27.5 Å². The predicted octanol–water partition coefficient (Wildman–Crippen LogP) is 3.21. The van der Waals surface area contributed by atoms with Crippen LogP contribution in [0.3, 0.4) is 0 Å². The Morgan fingerprint density at radius 2 is 1.93 bits per heavy atom. The second-order valence-corrected chi connectivity index (χ2v) is 9.39. The average molecular weight is 482 g/mol. The normalized spacial score (nSPS) is 13.6. The fourth-order valence-electron chi connectivity index (χ4n) is 3.16. The lowest BCUT2D eigenvalue weighted by molar-refractivity contribution is 0.0473. The number of Topliss-reactive ketones (excluding diaryl/α,β-unsaturated/α-hetero) is 1. The number of ether oxygens (including phenoxy) is 2. The van der Waals surface area contributed by atoms with Crippen LogP contribution in [-0.2, 0) is 21.2 Å². The minimum absolute atomic E-state index is 0.256. The first-order chi connectivity index (χ1) is 13.7. The third-order valence-corrected chi connectivity index (χ3v) is 6.48. The number of ketones is 1. The van der Waals surface area contributed by atoms with Crippen molar-refractivity contribution in [1.29, 1.82) is 0 Å². The molecule has 7 nitrogen and oxygen atoms in total. The van der Waals surface area contributed by atoms with Crippen molar-refractivity contribution >= 4 is 43.4 Å². The zero-order valence-electron chi connectivity index (χ0n) is 16.0. The van der Waals surface area contributed by atoms with Crippen LogP contribution in [0.5, 0.6) is 5.75 Å². The summed E-state index contributed by atoms with van der Waals surface area (Å²) in [6.07, 6.45) is 2.52. The summed E-state index contributed by atoms with van der Waals surface area (Å²) in [6, 6.07) is 9.73. The highest BCUT2D eigenvalue weighted by Gasteiger charge is 2.25. The lowest BCUT2D eigenvalue weighted by atomic mass is 9.99. The quantitative estimate of drug-likeness (QED) is 0.464. The first-order valence-electron chi connectivity index (χ1n) is 8.85. The molecule has 0 saturated heterocycles. The van der Waals surface area contributed by atoms with Gasteiger partial charge in [-0.15, -0.1) is 0 Å². The van der Waals surface area contributed by atoms with Crippen LogP contribution < -0.4 is 9.04 Å². The number of hydrogen-bond donors (Lipinski definition) is 0. The second kappa shape index (κ2) is 8.54. The third kappa shape index (κ3) is 4.79. The van der Waals surface area contributed by atoms with E-state index in [4.69, 9.17) is 9.47 Å². The van der Waals surface area contributed by atoms with Crippen molar-refractivity contribution in [1.82, 2.24) is 0 Å². The Hall–Kier alpha value is -2.39. The van der Waals surface area contributed by atoms with Gasteiger partial charge in [-0.3, -0.25) is 9.10 Å². The molecule has 0 unspecified atom stereocenters. The Morgan fingerprint density at radius 1 is 1.17 bits per heavy atom. The summed E-state index contributed by atoms with van der Waals surface area (Å²) in [5.74, 6) is -0.515. The van der Waals surface area contributed by atoms with Gasteiger partial charge in [-0.2, -0.15) is 0 Å². The van der Waals surface area contributed by atoms with E-state index in [1.807, 2.05) is 0 Å². The maximum absolute atomic E-state index is 12.5. The molecule has 154 valence electrons. The summed E-state index contributed by atoms with van der Waals surface area (Å²) in [4.78, 5) is 24.8. The van der Waals surface area contributed by atoms with Gasteiger partial charge in [-0.05, 0) is 70.7 Å². The maximum Gasteiger partial charge on any atom is 0.339 e. The largest absolute Gasteiger partial charge is 0.497 e. The maximum atomic E-state index is 12.5. The van der Waals surface area contributed by atoms with Crippen molar-refractivity contribution in [3.63, 3.8) is 0 Å². The molecule has 1 aliphatic heterocycles. The first kappa shape index (κ1) is 21.3. The molecule has 0 aliphatic carbocycles. The molecule has 0 fully saturated rings. The number of rotatable bonds is 6. The van der Waals surface area contributed by atoms with E-state index in [9.17, 15) is 18.0 Å². The summed E-state index contributed by atoms with van der Waals surface area (Å²) < 4.78 is 36.0. The van der Waals surface area contributed by atoms with Gasteiger partial charge in [0.25, 0.3) is 0 Å². The zero-order chi connectivity index (χ0) is 21.2. The van der Waals surface area contributed by atoms with Gasteiger partial charge in [-0.25, -0.2) is 13.2 Å². The number of methoxy groups -OCH3 is 1. The number of halogens is 1. The Kier molecular flexibility index (Phi) is 6.28. The van der Waals surface area contributed by atoms with Crippen molar-refractivity contribution in [3.8, 4) is 5.75 Å². The third-order valence-electron chi connectivity index (χ3n) is 4.61. The minimum Gasteiger partial charge on any atom is -0.497 e.